The largest absolute Gasteiger partial charge is 0.465 e. The molecule has 0 N–H and O–H groups in total. The molecule has 1 aliphatic carbocycles. The third-order valence-electron chi connectivity index (χ3n) is 3.39. The van der Waals surface area contributed by atoms with Crippen LogP contribution in [0.2, 0.25) is 5.02 Å². The van der Waals surface area contributed by atoms with Crippen molar-refractivity contribution < 1.29 is 19.0 Å². The molecule has 18 heavy (non-hydrogen) atoms. The summed E-state index contributed by atoms with van der Waals surface area (Å²) in [5, 5.41) is 0.532. The number of fused-ring (bicyclic) bond motifs is 1. The quantitative estimate of drug-likeness (QED) is 0.791. The Morgan fingerprint density at radius 1 is 1.39 bits per heavy atom. The Kier molecular flexibility index (Phi) is 2.63. The van der Waals surface area contributed by atoms with Gasteiger partial charge < -0.3 is 14.2 Å². The molecule has 1 saturated carbocycles. The summed E-state index contributed by atoms with van der Waals surface area (Å²) in [6.45, 7) is 2.37. The molecular weight excluding hydrogens is 256 g/mol. The van der Waals surface area contributed by atoms with Crippen LogP contribution in [-0.2, 0) is 14.9 Å². The van der Waals surface area contributed by atoms with E-state index in [1.807, 2.05) is 0 Å². The molecule has 1 heterocycles. The highest BCUT2D eigenvalue weighted by atomic mass is 35.5. The first-order valence-corrected chi connectivity index (χ1v) is 6.32. The van der Waals surface area contributed by atoms with Gasteiger partial charge in [-0.25, -0.2) is 0 Å². The molecule has 0 unspecified atom stereocenters. The second kappa shape index (κ2) is 4.05. The lowest BCUT2D eigenvalue weighted by molar-refractivity contribution is -0.146. The standard InChI is InChI=1S/C13H13ClO4/c1-2-16-12(15)13(3-4-13)8-5-10-11(6-9(8)14)18-7-17-10/h5-6H,2-4,7H2,1H3. The zero-order valence-corrected chi connectivity index (χ0v) is 10.8. The molecule has 0 atom stereocenters. The van der Waals surface area contributed by atoms with Crippen molar-refractivity contribution in [2.24, 2.45) is 0 Å². The molecule has 0 saturated heterocycles. The Labute approximate surface area is 110 Å². The predicted molar refractivity (Wildman–Crippen MR) is 65.1 cm³/mol. The Morgan fingerprint density at radius 3 is 2.67 bits per heavy atom. The van der Waals surface area contributed by atoms with Gasteiger partial charge in [-0.1, -0.05) is 11.6 Å². The zero-order chi connectivity index (χ0) is 12.8. The van der Waals surface area contributed by atoms with Crippen LogP contribution in [0.4, 0.5) is 0 Å². The third-order valence-corrected chi connectivity index (χ3v) is 3.71. The van der Waals surface area contributed by atoms with E-state index in [0.29, 0.717) is 23.1 Å². The first-order chi connectivity index (χ1) is 8.67. The lowest BCUT2D eigenvalue weighted by Crippen LogP contribution is -2.23. The predicted octanol–water partition coefficient (Wildman–Crippen LogP) is 2.66. The number of hydrogen-bond acceptors (Lipinski definition) is 4. The topological polar surface area (TPSA) is 44.8 Å². The van der Waals surface area contributed by atoms with Crippen molar-refractivity contribution in [3.05, 3.63) is 22.7 Å². The summed E-state index contributed by atoms with van der Waals surface area (Å²) >= 11 is 6.23. The Hall–Kier alpha value is -1.42. The summed E-state index contributed by atoms with van der Waals surface area (Å²) in [6.07, 6.45) is 1.54. The number of carbonyl (C=O) groups is 1. The molecule has 0 amide bonds. The number of benzene rings is 1. The maximum absolute atomic E-state index is 12.0. The average Bonchev–Trinajstić information content (AvgIpc) is 3.03. The summed E-state index contributed by atoms with van der Waals surface area (Å²) in [5.41, 5.74) is 0.209. The van der Waals surface area contributed by atoms with E-state index in [-0.39, 0.29) is 12.8 Å². The highest BCUT2D eigenvalue weighted by Gasteiger charge is 2.54. The number of ether oxygens (including phenoxy) is 3. The molecule has 2 aliphatic rings. The van der Waals surface area contributed by atoms with Gasteiger partial charge in [-0.15, -0.1) is 0 Å². The van der Waals surface area contributed by atoms with Crippen molar-refractivity contribution >= 4 is 17.6 Å². The van der Waals surface area contributed by atoms with E-state index in [4.69, 9.17) is 25.8 Å². The van der Waals surface area contributed by atoms with Gasteiger partial charge in [0, 0.05) is 11.1 Å². The maximum atomic E-state index is 12.0. The van der Waals surface area contributed by atoms with Gasteiger partial charge in [-0.3, -0.25) is 4.79 Å². The smallest absolute Gasteiger partial charge is 0.316 e. The summed E-state index contributed by atoms with van der Waals surface area (Å²) in [6, 6.07) is 3.51. The van der Waals surface area contributed by atoms with Crippen molar-refractivity contribution in [2.75, 3.05) is 13.4 Å². The highest BCUT2D eigenvalue weighted by Crippen LogP contribution is 2.53. The number of carbonyl (C=O) groups excluding carboxylic acids is 1. The molecule has 0 radical (unpaired) electrons. The van der Waals surface area contributed by atoms with Crippen LogP contribution in [0, 0.1) is 0 Å². The molecule has 0 aromatic heterocycles. The number of halogens is 1. The summed E-state index contributed by atoms with van der Waals surface area (Å²) in [7, 11) is 0. The van der Waals surface area contributed by atoms with E-state index in [0.717, 1.165) is 18.4 Å². The van der Waals surface area contributed by atoms with Gasteiger partial charge >= 0.3 is 5.97 Å². The van der Waals surface area contributed by atoms with Crippen molar-refractivity contribution in [3.8, 4) is 11.5 Å². The SMILES string of the molecule is CCOC(=O)C1(c2cc3c(cc2Cl)OCO3)CC1. The van der Waals surface area contributed by atoms with E-state index in [1.54, 1.807) is 19.1 Å². The molecule has 1 aliphatic heterocycles. The molecule has 96 valence electrons. The van der Waals surface area contributed by atoms with Crippen LogP contribution >= 0.6 is 11.6 Å². The second-order valence-electron chi connectivity index (χ2n) is 4.49. The summed E-state index contributed by atoms with van der Waals surface area (Å²) in [5.74, 6) is 1.07. The van der Waals surface area contributed by atoms with E-state index in [9.17, 15) is 4.79 Å². The molecule has 3 rings (SSSR count). The van der Waals surface area contributed by atoms with Gasteiger partial charge in [0.15, 0.2) is 11.5 Å². The average molecular weight is 269 g/mol. The van der Waals surface area contributed by atoms with Gasteiger partial charge in [0.05, 0.1) is 12.0 Å². The fourth-order valence-electron chi connectivity index (χ4n) is 2.26. The van der Waals surface area contributed by atoms with Crippen LogP contribution in [0.25, 0.3) is 0 Å². The van der Waals surface area contributed by atoms with Gasteiger partial charge in [-0.05, 0) is 31.4 Å². The van der Waals surface area contributed by atoms with Crippen molar-refractivity contribution in [2.45, 2.75) is 25.2 Å². The maximum Gasteiger partial charge on any atom is 0.316 e. The fraction of sp³-hybridized carbons (Fsp3) is 0.462. The minimum atomic E-state index is -0.575. The fourth-order valence-corrected chi connectivity index (χ4v) is 2.60. The van der Waals surface area contributed by atoms with Gasteiger partial charge in [0.25, 0.3) is 0 Å². The second-order valence-corrected chi connectivity index (χ2v) is 4.90. The first-order valence-electron chi connectivity index (χ1n) is 5.94. The molecule has 4 nitrogen and oxygen atoms in total. The van der Waals surface area contributed by atoms with Gasteiger partial charge in [0.2, 0.25) is 6.79 Å². The van der Waals surface area contributed by atoms with Crippen LogP contribution < -0.4 is 9.47 Å². The van der Waals surface area contributed by atoms with E-state index >= 15 is 0 Å². The number of rotatable bonds is 3. The Balaban J connectivity index is 2.00. The van der Waals surface area contributed by atoms with Crippen molar-refractivity contribution in [3.63, 3.8) is 0 Å². The van der Waals surface area contributed by atoms with E-state index < -0.39 is 5.41 Å². The lowest BCUT2D eigenvalue weighted by Gasteiger charge is -2.16. The molecule has 5 heteroatoms. The molecular formula is C13H13ClO4. The molecule has 0 bridgehead atoms. The third kappa shape index (κ3) is 1.63. The lowest BCUT2D eigenvalue weighted by atomic mass is 9.95. The monoisotopic (exact) mass is 268 g/mol. The van der Waals surface area contributed by atoms with Crippen LogP contribution in [-0.4, -0.2) is 19.4 Å². The molecule has 1 aromatic rings. The van der Waals surface area contributed by atoms with Crippen LogP contribution in [0.1, 0.15) is 25.3 Å². The minimum absolute atomic E-state index is 0.196. The Morgan fingerprint density at radius 2 is 2.06 bits per heavy atom. The van der Waals surface area contributed by atoms with Crippen molar-refractivity contribution in [1.29, 1.82) is 0 Å². The number of esters is 1. The zero-order valence-electron chi connectivity index (χ0n) is 9.99. The van der Waals surface area contributed by atoms with Gasteiger partial charge in [-0.2, -0.15) is 0 Å². The molecule has 1 fully saturated rings. The van der Waals surface area contributed by atoms with Crippen LogP contribution in [0.5, 0.6) is 11.5 Å². The first kappa shape index (κ1) is 11.7. The van der Waals surface area contributed by atoms with E-state index in [1.165, 1.54) is 0 Å². The van der Waals surface area contributed by atoms with Crippen LogP contribution in [0.3, 0.4) is 0 Å². The van der Waals surface area contributed by atoms with Gasteiger partial charge in [0.1, 0.15) is 0 Å². The summed E-state index contributed by atoms with van der Waals surface area (Å²) in [4.78, 5) is 12.0. The normalized spacial score (nSPS) is 18.6. The summed E-state index contributed by atoms with van der Waals surface area (Å²) < 4.78 is 15.7. The molecule has 1 aromatic carbocycles. The van der Waals surface area contributed by atoms with Crippen molar-refractivity contribution in [1.82, 2.24) is 0 Å². The Bertz CT molecular complexity index is 508. The molecule has 0 spiro atoms. The van der Waals surface area contributed by atoms with E-state index in [2.05, 4.69) is 0 Å². The minimum Gasteiger partial charge on any atom is -0.465 e. The van der Waals surface area contributed by atoms with Crippen LogP contribution in [0.15, 0.2) is 12.1 Å². The number of hydrogen-bond donors (Lipinski definition) is 0. The highest BCUT2D eigenvalue weighted by molar-refractivity contribution is 6.32.